The van der Waals surface area contributed by atoms with Crippen molar-refractivity contribution in [1.29, 1.82) is 0 Å². The van der Waals surface area contributed by atoms with E-state index in [0.717, 1.165) is 40.9 Å². The Kier molecular flexibility index (Phi) is 8.00. The molecule has 0 aliphatic carbocycles. The van der Waals surface area contributed by atoms with E-state index in [1.165, 1.54) is 11.8 Å². The Labute approximate surface area is 216 Å². The lowest BCUT2D eigenvalue weighted by molar-refractivity contribution is -0.113. The Bertz CT molecular complexity index is 1310. The number of amides is 1. The van der Waals surface area contributed by atoms with E-state index in [2.05, 4.69) is 19.9 Å². The van der Waals surface area contributed by atoms with Crippen LogP contribution in [0.2, 0.25) is 0 Å². The molecule has 3 aromatic carbocycles. The first-order chi connectivity index (χ1) is 17.5. The highest BCUT2D eigenvalue weighted by Crippen LogP contribution is 2.42. The van der Waals surface area contributed by atoms with E-state index >= 15 is 0 Å². The lowest BCUT2D eigenvalue weighted by Crippen LogP contribution is -2.29. The zero-order valence-corrected chi connectivity index (χ0v) is 22.0. The van der Waals surface area contributed by atoms with Gasteiger partial charge in [0.05, 0.1) is 37.6 Å². The van der Waals surface area contributed by atoms with E-state index < -0.39 is 0 Å². The van der Waals surface area contributed by atoms with Gasteiger partial charge >= 0.3 is 0 Å². The van der Waals surface area contributed by atoms with Crippen LogP contribution in [0.25, 0.3) is 6.08 Å². The number of anilines is 1. The number of aliphatic imine (C=N–C) groups is 1. The molecule has 4 rings (SSSR count). The molecule has 0 saturated carbocycles. The predicted octanol–water partition coefficient (Wildman–Crippen LogP) is 6.65. The Morgan fingerprint density at radius 2 is 1.47 bits per heavy atom. The van der Waals surface area contributed by atoms with Crippen LogP contribution in [-0.4, -0.2) is 32.4 Å². The third-order valence-corrected chi connectivity index (χ3v) is 6.96. The van der Waals surface area contributed by atoms with E-state index in [0.29, 0.717) is 27.3 Å². The average Bonchev–Trinajstić information content (AvgIpc) is 3.21. The van der Waals surface area contributed by atoms with Crippen molar-refractivity contribution in [3.8, 4) is 17.2 Å². The van der Waals surface area contributed by atoms with Crippen LogP contribution >= 0.6 is 11.8 Å². The topological polar surface area (TPSA) is 60.4 Å². The fourth-order valence-corrected chi connectivity index (χ4v) is 5.13. The molecule has 1 fully saturated rings. The molecule has 7 heteroatoms. The summed E-state index contributed by atoms with van der Waals surface area (Å²) in [7, 11) is 4.71. The lowest BCUT2D eigenvalue weighted by atomic mass is 10.1. The van der Waals surface area contributed by atoms with E-state index in [-0.39, 0.29) is 5.91 Å². The van der Waals surface area contributed by atoms with Gasteiger partial charge in [0.15, 0.2) is 16.7 Å². The van der Waals surface area contributed by atoms with E-state index in [4.69, 9.17) is 19.2 Å². The van der Waals surface area contributed by atoms with Crippen molar-refractivity contribution < 1.29 is 19.0 Å². The van der Waals surface area contributed by atoms with Gasteiger partial charge in [-0.1, -0.05) is 50.2 Å². The number of aryl methyl sites for hydroxylation is 2. The minimum atomic E-state index is -0.123. The van der Waals surface area contributed by atoms with Gasteiger partial charge in [0.1, 0.15) is 0 Å². The number of ether oxygens (including phenoxy) is 3. The van der Waals surface area contributed by atoms with Crippen LogP contribution in [0.15, 0.2) is 70.6 Å². The van der Waals surface area contributed by atoms with Crippen LogP contribution in [0.3, 0.4) is 0 Å². The normalized spacial score (nSPS) is 15.6. The molecule has 3 aromatic rings. The van der Waals surface area contributed by atoms with Crippen LogP contribution in [0.4, 0.5) is 11.4 Å². The number of para-hydroxylation sites is 2. The third kappa shape index (κ3) is 4.97. The van der Waals surface area contributed by atoms with Crippen LogP contribution < -0.4 is 19.1 Å². The monoisotopic (exact) mass is 502 g/mol. The molecule has 6 nitrogen and oxygen atoms in total. The summed E-state index contributed by atoms with van der Waals surface area (Å²) in [5.41, 5.74) is 4.68. The Balaban J connectivity index is 1.85. The number of carbonyl (C=O) groups excluding carboxylic acids is 1. The first-order valence-electron chi connectivity index (χ1n) is 11.8. The molecule has 1 aliphatic rings. The summed E-state index contributed by atoms with van der Waals surface area (Å²) in [6.45, 7) is 4.19. The van der Waals surface area contributed by atoms with Gasteiger partial charge in [0.2, 0.25) is 5.75 Å². The summed E-state index contributed by atoms with van der Waals surface area (Å²) in [4.78, 5) is 21.1. The highest BCUT2D eigenvalue weighted by Gasteiger charge is 2.36. The maximum absolute atomic E-state index is 13.8. The number of carbonyl (C=O) groups is 1. The van der Waals surface area contributed by atoms with Crippen molar-refractivity contribution in [3.63, 3.8) is 0 Å². The molecule has 1 amide bonds. The molecule has 1 heterocycles. The fourth-order valence-electron chi connectivity index (χ4n) is 4.15. The molecular weight excluding hydrogens is 472 g/mol. The second-order valence-electron chi connectivity index (χ2n) is 8.07. The zero-order valence-electron chi connectivity index (χ0n) is 21.2. The van der Waals surface area contributed by atoms with Crippen LogP contribution in [0.1, 0.15) is 30.5 Å². The summed E-state index contributed by atoms with van der Waals surface area (Å²) in [5, 5.41) is 0.625. The fraction of sp³-hybridized carbons (Fsp3) is 0.241. The van der Waals surface area contributed by atoms with Gasteiger partial charge in [0.25, 0.3) is 5.91 Å². The molecule has 0 spiro atoms. The van der Waals surface area contributed by atoms with Crippen LogP contribution in [0.5, 0.6) is 17.2 Å². The highest BCUT2D eigenvalue weighted by molar-refractivity contribution is 8.19. The van der Waals surface area contributed by atoms with E-state index in [9.17, 15) is 4.79 Å². The zero-order chi connectivity index (χ0) is 25.7. The van der Waals surface area contributed by atoms with Gasteiger partial charge in [-0.05, 0) is 71.6 Å². The SMILES string of the molecule is CCc1ccccc1N=C1S/C(=C/c2cc(OC)c(OC)c(OC)c2)C(=O)N1c1ccccc1CC. The van der Waals surface area contributed by atoms with Crippen LogP contribution in [-0.2, 0) is 17.6 Å². The largest absolute Gasteiger partial charge is 0.493 e. The molecule has 1 saturated heterocycles. The number of methoxy groups -OCH3 is 3. The van der Waals surface area contributed by atoms with Gasteiger partial charge in [0, 0.05) is 0 Å². The standard InChI is InChI=1S/C29H30N2O4S/c1-6-20-12-8-10-14-22(20)30-29-31(23-15-11-9-13-21(23)7-2)28(32)26(36-29)18-19-16-24(33-3)27(35-5)25(17-19)34-4/h8-18H,6-7H2,1-5H3/b26-18+,30-29?. The summed E-state index contributed by atoms with van der Waals surface area (Å²) in [6.07, 6.45) is 3.49. The Morgan fingerprint density at radius 3 is 2.08 bits per heavy atom. The van der Waals surface area contributed by atoms with Crippen molar-refractivity contribution in [2.45, 2.75) is 26.7 Å². The van der Waals surface area contributed by atoms with Gasteiger partial charge in [-0.3, -0.25) is 9.69 Å². The quantitative estimate of drug-likeness (QED) is 0.323. The molecule has 186 valence electrons. The van der Waals surface area contributed by atoms with Crippen molar-refractivity contribution >= 4 is 40.3 Å². The minimum Gasteiger partial charge on any atom is -0.493 e. The molecule has 0 atom stereocenters. The Morgan fingerprint density at radius 1 is 0.861 bits per heavy atom. The minimum absolute atomic E-state index is 0.123. The molecule has 1 aliphatic heterocycles. The molecule has 0 aromatic heterocycles. The first-order valence-corrected chi connectivity index (χ1v) is 12.6. The molecule has 0 bridgehead atoms. The maximum atomic E-state index is 13.8. The van der Waals surface area contributed by atoms with Gasteiger partial charge in [-0.15, -0.1) is 0 Å². The number of hydrogen-bond donors (Lipinski definition) is 0. The second kappa shape index (κ2) is 11.4. The highest BCUT2D eigenvalue weighted by atomic mass is 32.2. The van der Waals surface area contributed by atoms with Crippen molar-refractivity contribution in [2.24, 2.45) is 4.99 Å². The maximum Gasteiger partial charge on any atom is 0.271 e. The molecule has 0 N–H and O–H groups in total. The van der Waals surface area contributed by atoms with Gasteiger partial charge in [-0.25, -0.2) is 4.99 Å². The van der Waals surface area contributed by atoms with Gasteiger partial charge in [-0.2, -0.15) is 0 Å². The number of rotatable bonds is 8. The summed E-state index contributed by atoms with van der Waals surface area (Å²) >= 11 is 1.36. The third-order valence-electron chi connectivity index (χ3n) is 5.99. The van der Waals surface area contributed by atoms with Crippen molar-refractivity contribution in [3.05, 3.63) is 82.3 Å². The van der Waals surface area contributed by atoms with E-state index in [1.54, 1.807) is 26.2 Å². The summed E-state index contributed by atoms with van der Waals surface area (Å²) in [6, 6.07) is 19.7. The first kappa shape index (κ1) is 25.4. The Hall–Kier alpha value is -3.71. The average molecular weight is 503 g/mol. The number of hydrogen-bond acceptors (Lipinski definition) is 6. The number of thioether (sulfide) groups is 1. The molecular formula is C29H30N2O4S. The number of benzene rings is 3. The predicted molar refractivity (Wildman–Crippen MR) is 148 cm³/mol. The van der Waals surface area contributed by atoms with Crippen molar-refractivity contribution in [1.82, 2.24) is 0 Å². The molecule has 0 radical (unpaired) electrons. The summed E-state index contributed by atoms with van der Waals surface area (Å²) in [5.74, 6) is 1.43. The summed E-state index contributed by atoms with van der Waals surface area (Å²) < 4.78 is 16.4. The molecule has 0 unspecified atom stereocenters. The van der Waals surface area contributed by atoms with Crippen LogP contribution in [0, 0.1) is 0 Å². The van der Waals surface area contributed by atoms with E-state index in [1.807, 2.05) is 60.7 Å². The van der Waals surface area contributed by atoms with Crippen molar-refractivity contribution in [2.75, 3.05) is 26.2 Å². The number of amidine groups is 1. The smallest absolute Gasteiger partial charge is 0.271 e. The number of nitrogens with zero attached hydrogens (tertiary/aromatic N) is 2. The second-order valence-corrected chi connectivity index (χ2v) is 9.08. The lowest BCUT2D eigenvalue weighted by Gasteiger charge is -2.19. The van der Waals surface area contributed by atoms with Gasteiger partial charge < -0.3 is 14.2 Å². The molecule has 36 heavy (non-hydrogen) atoms.